The molecule has 6 rings (SSSR count). The van der Waals surface area contributed by atoms with Crippen LogP contribution in [0.1, 0.15) is 22.1 Å². The lowest BCUT2D eigenvalue weighted by atomic mass is 9.92. The SMILES string of the molecule is O=C1O[C@@H]2C=CC=C[C@H]2C=C1C(=O)N1CCS[C@@H]1c1ccc2c3c(cccc13)CC2. The Morgan fingerprint density at radius 2 is 1.90 bits per heavy atom. The highest BCUT2D eigenvalue weighted by Crippen LogP contribution is 2.44. The molecule has 30 heavy (non-hydrogen) atoms. The van der Waals surface area contributed by atoms with Crippen LogP contribution < -0.4 is 0 Å². The molecule has 2 aromatic carbocycles. The Labute approximate surface area is 179 Å². The molecule has 5 heteroatoms. The molecule has 2 aliphatic heterocycles. The summed E-state index contributed by atoms with van der Waals surface area (Å²) in [5.41, 5.74) is 4.12. The molecule has 0 spiro atoms. The number of ether oxygens (including phenoxy) is 1. The molecule has 0 radical (unpaired) electrons. The summed E-state index contributed by atoms with van der Waals surface area (Å²) in [6.45, 7) is 0.631. The zero-order valence-corrected chi connectivity index (χ0v) is 17.2. The maximum atomic E-state index is 13.5. The van der Waals surface area contributed by atoms with Gasteiger partial charge in [0.05, 0.1) is 0 Å². The predicted molar refractivity (Wildman–Crippen MR) is 118 cm³/mol. The minimum atomic E-state index is -0.516. The van der Waals surface area contributed by atoms with Gasteiger partial charge in [0, 0.05) is 18.2 Å². The Balaban J connectivity index is 1.37. The van der Waals surface area contributed by atoms with Crippen LogP contribution >= 0.6 is 11.8 Å². The normalized spacial score (nSPS) is 26.7. The number of fused-ring (bicyclic) bond motifs is 1. The van der Waals surface area contributed by atoms with Crippen molar-refractivity contribution in [2.45, 2.75) is 24.3 Å². The smallest absolute Gasteiger partial charge is 0.344 e. The summed E-state index contributed by atoms with van der Waals surface area (Å²) < 4.78 is 5.53. The molecule has 0 bridgehead atoms. The third kappa shape index (κ3) is 2.68. The number of rotatable bonds is 2. The quantitative estimate of drug-likeness (QED) is 0.547. The van der Waals surface area contributed by atoms with Crippen molar-refractivity contribution in [2.75, 3.05) is 12.3 Å². The zero-order valence-electron chi connectivity index (χ0n) is 16.4. The van der Waals surface area contributed by atoms with Crippen LogP contribution in [0.5, 0.6) is 0 Å². The average Bonchev–Trinajstić information content (AvgIpc) is 3.42. The van der Waals surface area contributed by atoms with Gasteiger partial charge in [-0.25, -0.2) is 4.79 Å². The molecule has 1 fully saturated rings. The lowest BCUT2D eigenvalue weighted by Gasteiger charge is -2.30. The van der Waals surface area contributed by atoms with Crippen LogP contribution in [0.2, 0.25) is 0 Å². The molecule has 0 unspecified atom stereocenters. The molecule has 1 saturated heterocycles. The lowest BCUT2D eigenvalue weighted by molar-refractivity contribution is -0.147. The summed E-state index contributed by atoms with van der Waals surface area (Å²) in [7, 11) is 0. The summed E-state index contributed by atoms with van der Waals surface area (Å²) in [6, 6.07) is 10.9. The number of nitrogens with zero attached hydrogens (tertiary/aromatic N) is 1. The molecule has 4 nitrogen and oxygen atoms in total. The van der Waals surface area contributed by atoms with Crippen molar-refractivity contribution < 1.29 is 14.3 Å². The maximum Gasteiger partial charge on any atom is 0.344 e. The molecule has 0 saturated carbocycles. The van der Waals surface area contributed by atoms with E-state index in [9.17, 15) is 9.59 Å². The highest BCUT2D eigenvalue weighted by atomic mass is 32.2. The molecule has 0 aromatic heterocycles. The number of amides is 1. The van der Waals surface area contributed by atoms with Crippen molar-refractivity contribution in [2.24, 2.45) is 5.92 Å². The van der Waals surface area contributed by atoms with E-state index in [-0.39, 0.29) is 28.9 Å². The van der Waals surface area contributed by atoms with E-state index in [0.717, 1.165) is 24.2 Å². The van der Waals surface area contributed by atoms with Gasteiger partial charge in [0.15, 0.2) is 0 Å². The highest BCUT2D eigenvalue weighted by molar-refractivity contribution is 7.99. The largest absolute Gasteiger partial charge is 0.453 e. The van der Waals surface area contributed by atoms with Crippen molar-refractivity contribution >= 4 is 34.4 Å². The van der Waals surface area contributed by atoms with Crippen LogP contribution in [-0.4, -0.2) is 35.2 Å². The van der Waals surface area contributed by atoms with Crippen LogP contribution in [0.25, 0.3) is 10.8 Å². The Kier molecular flexibility index (Phi) is 4.13. The molecule has 0 N–H and O–H groups in total. The van der Waals surface area contributed by atoms with Gasteiger partial charge in [-0.3, -0.25) is 4.79 Å². The topological polar surface area (TPSA) is 46.6 Å². The van der Waals surface area contributed by atoms with E-state index in [4.69, 9.17) is 4.74 Å². The monoisotopic (exact) mass is 415 g/mol. The first-order valence-corrected chi connectivity index (χ1v) is 11.5. The molecule has 150 valence electrons. The second-order valence-corrected chi connectivity index (χ2v) is 9.36. The maximum absolute atomic E-state index is 13.5. The number of allylic oxidation sites excluding steroid dienone is 2. The number of aryl methyl sites for hydroxylation is 2. The van der Waals surface area contributed by atoms with E-state index in [2.05, 4.69) is 30.3 Å². The third-order valence-corrected chi connectivity index (χ3v) is 7.75. The van der Waals surface area contributed by atoms with E-state index in [0.29, 0.717) is 6.54 Å². The molecule has 2 aliphatic carbocycles. The van der Waals surface area contributed by atoms with Gasteiger partial charge in [0.25, 0.3) is 5.91 Å². The van der Waals surface area contributed by atoms with Crippen LogP contribution in [-0.2, 0) is 27.2 Å². The van der Waals surface area contributed by atoms with Gasteiger partial charge in [0.1, 0.15) is 17.1 Å². The second kappa shape index (κ2) is 6.88. The molecule has 2 heterocycles. The van der Waals surface area contributed by atoms with Crippen LogP contribution in [0.15, 0.2) is 66.3 Å². The molecule has 1 amide bonds. The fourth-order valence-corrected chi connectivity index (χ4v) is 6.34. The first-order chi connectivity index (χ1) is 14.7. The first-order valence-electron chi connectivity index (χ1n) is 10.4. The van der Waals surface area contributed by atoms with Crippen molar-refractivity contribution in [3.05, 3.63) is 83.0 Å². The first kappa shape index (κ1) is 18.0. The minimum absolute atomic E-state index is 0.0721. The number of hydrogen-bond donors (Lipinski definition) is 0. The fourth-order valence-electron chi connectivity index (χ4n) is 5.05. The third-order valence-electron chi connectivity index (χ3n) is 6.51. The zero-order chi connectivity index (χ0) is 20.2. The molecule has 3 atom stereocenters. The van der Waals surface area contributed by atoms with Crippen molar-refractivity contribution in [3.63, 3.8) is 0 Å². The summed E-state index contributed by atoms with van der Waals surface area (Å²) in [6.07, 6.45) is 11.3. The van der Waals surface area contributed by atoms with Crippen LogP contribution in [0, 0.1) is 5.92 Å². The Morgan fingerprint density at radius 1 is 1.07 bits per heavy atom. The van der Waals surface area contributed by atoms with Crippen LogP contribution in [0.3, 0.4) is 0 Å². The van der Waals surface area contributed by atoms with Crippen molar-refractivity contribution in [1.29, 1.82) is 0 Å². The number of hydrogen-bond acceptors (Lipinski definition) is 4. The minimum Gasteiger partial charge on any atom is -0.453 e. The van der Waals surface area contributed by atoms with Crippen molar-refractivity contribution in [3.8, 4) is 0 Å². The van der Waals surface area contributed by atoms with E-state index >= 15 is 0 Å². The fraction of sp³-hybridized carbons (Fsp3) is 0.280. The van der Waals surface area contributed by atoms with Gasteiger partial charge < -0.3 is 9.64 Å². The van der Waals surface area contributed by atoms with Gasteiger partial charge in [-0.05, 0) is 46.4 Å². The average molecular weight is 416 g/mol. The molecular weight excluding hydrogens is 394 g/mol. The van der Waals surface area contributed by atoms with E-state index in [1.165, 1.54) is 21.9 Å². The van der Waals surface area contributed by atoms with E-state index < -0.39 is 5.97 Å². The number of thioether (sulfide) groups is 1. The molecule has 2 aromatic rings. The Morgan fingerprint density at radius 3 is 2.80 bits per heavy atom. The van der Waals surface area contributed by atoms with E-state index in [1.807, 2.05) is 29.2 Å². The second-order valence-electron chi connectivity index (χ2n) is 8.17. The summed E-state index contributed by atoms with van der Waals surface area (Å²) in [5.74, 6) is 0.0464. The standard InChI is InChI=1S/C25H21NO3S/c27-23(20-14-17-4-1-2-7-21(17)29-25(20)28)26-12-13-30-24(26)19-11-10-16-9-8-15-5-3-6-18(19)22(15)16/h1-7,10-11,14,17,21,24H,8-9,12-13H2/t17-,21+,24+/m0/s1. The molecule has 4 aliphatic rings. The van der Waals surface area contributed by atoms with Gasteiger partial charge in [-0.1, -0.05) is 54.6 Å². The van der Waals surface area contributed by atoms with Crippen molar-refractivity contribution in [1.82, 2.24) is 4.90 Å². The Bertz CT molecular complexity index is 1170. The summed E-state index contributed by atoms with van der Waals surface area (Å²) in [4.78, 5) is 27.9. The lowest BCUT2D eigenvalue weighted by Crippen LogP contribution is -2.39. The predicted octanol–water partition coefficient (Wildman–Crippen LogP) is 4.11. The number of esters is 1. The number of carbonyl (C=O) groups excluding carboxylic acids is 2. The molecular formula is C25H21NO3S. The highest BCUT2D eigenvalue weighted by Gasteiger charge is 2.39. The van der Waals surface area contributed by atoms with Gasteiger partial charge in [-0.15, -0.1) is 11.8 Å². The van der Waals surface area contributed by atoms with Gasteiger partial charge >= 0.3 is 5.97 Å². The summed E-state index contributed by atoms with van der Waals surface area (Å²) >= 11 is 1.77. The Hall–Kier alpha value is -2.79. The van der Waals surface area contributed by atoms with Gasteiger partial charge in [-0.2, -0.15) is 0 Å². The summed E-state index contributed by atoms with van der Waals surface area (Å²) in [5, 5.41) is 2.50. The van der Waals surface area contributed by atoms with Crippen LogP contribution in [0.4, 0.5) is 0 Å². The van der Waals surface area contributed by atoms with E-state index in [1.54, 1.807) is 17.8 Å². The number of carbonyl (C=O) groups is 2. The number of benzene rings is 2. The van der Waals surface area contributed by atoms with Gasteiger partial charge in [0.2, 0.25) is 0 Å².